The van der Waals surface area contributed by atoms with Crippen molar-refractivity contribution < 1.29 is 9.47 Å². The SMILES string of the molecule is COc1cc(OC)cc(C(NN)c2cc(I)ccc2Br)c1. The number of benzene rings is 2. The lowest BCUT2D eigenvalue weighted by Gasteiger charge is -2.20. The van der Waals surface area contributed by atoms with Gasteiger partial charge in [-0.2, -0.15) is 0 Å². The fourth-order valence-electron chi connectivity index (χ4n) is 2.10. The maximum Gasteiger partial charge on any atom is 0.122 e. The minimum Gasteiger partial charge on any atom is -0.497 e. The van der Waals surface area contributed by atoms with Gasteiger partial charge >= 0.3 is 0 Å². The summed E-state index contributed by atoms with van der Waals surface area (Å²) in [6.45, 7) is 0. The van der Waals surface area contributed by atoms with E-state index in [9.17, 15) is 0 Å². The molecule has 6 heteroatoms. The van der Waals surface area contributed by atoms with Crippen LogP contribution in [0.3, 0.4) is 0 Å². The molecule has 1 atom stereocenters. The molecule has 0 amide bonds. The van der Waals surface area contributed by atoms with E-state index in [0.717, 1.165) is 30.7 Å². The van der Waals surface area contributed by atoms with Crippen molar-refractivity contribution >= 4 is 38.5 Å². The summed E-state index contributed by atoms with van der Waals surface area (Å²) in [5.74, 6) is 7.24. The first-order valence-corrected chi connectivity index (χ1v) is 8.10. The molecule has 0 saturated heterocycles. The molecule has 112 valence electrons. The summed E-state index contributed by atoms with van der Waals surface area (Å²) in [5, 5.41) is 0. The summed E-state index contributed by atoms with van der Waals surface area (Å²) < 4.78 is 12.8. The van der Waals surface area contributed by atoms with Crippen LogP contribution in [0.15, 0.2) is 40.9 Å². The van der Waals surface area contributed by atoms with Gasteiger partial charge in [-0.3, -0.25) is 5.84 Å². The van der Waals surface area contributed by atoms with Crippen LogP contribution in [0, 0.1) is 3.57 Å². The molecule has 1 unspecified atom stereocenters. The van der Waals surface area contributed by atoms with Gasteiger partial charge in [0.2, 0.25) is 0 Å². The summed E-state index contributed by atoms with van der Waals surface area (Å²) in [6, 6.07) is 11.7. The van der Waals surface area contributed by atoms with Crippen molar-refractivity contribution in [3.8, 4) is 11.5 Å². The molecule has 2 aromatic carbocycles. The van der Waals surface area contributed by atoms with E-state index in [2.05, 4.69) is 50.0 Å². The number of hydrogen-bond donors (Lipinski definition) is 2. The van der Waals surface area contributed by atoms with E-state index < -0.39 is 0 Å². The van der Waals surface area contributed by atoms with E-state index in [1.807, 2.05) is 30.3 Å². The fourth-order valence-corrected chi connectivity index (χ4v) is 3.09. The van der Waals surface area contributed by atoms with Gasteiger partial charge in [-0.15, -0.1) is 0 Å². The summed E-state index contributed by atoms with van der Waals surface area (Å²) in [5.41, 5.74) is 4.89. The molecule has 4 nitrogen and oxygen atoms in total. The van der Waals surface area contributed by atoms with Crippen LogP contribution in [0.5, 0.6) is 11.5 Å². The van der Waals surface area contributed by atoms with Crippen LogP contribution in [-0.2, 0) is 0 Å². The Kier molecular flexibility index (Phi) is 5.86. The Morgan fingerprint density at radius 3 is 2.24 bits per heavy atom. The highest BCUT2D eigenvalue weighted by Gasteiger charge is 2.17. The third-order valence-electron chi connectivity index (χ3n) is 3.14. The predicted molar refractivity (Wildman–Crippen MR) is 95.6 cm³/mol. The van der Waals surface area contributed by atoms with Gasteiger partial charge in [0.1, 0.15) is 11.5 Å². The van der Waals surface area contributed by atoms with Crippen molar-refractivity contribution in [1.29, 1.82) is 0 Å². The Hall–Kier alpha value is -0.830. The average molecular weight is 463 g/mol. The van der Waals surface area contributed by atoms with Gasteiger partial charge < -0.3 is 9.47 Å². The van der Waals surface area contributed by atoms with Crippen LogP contribution in [0.1, 0.15) is 17.2 Å². The highest BCUT2D eigenvalue weighted by Crippen LogP contribution is 2.33. The summed E-state index contributed by atoms with van der Waals surface area (Å²) in [7, 11) is 3.26. The van der Waals surface area contributed by atoms with Crippen LogP contribution >= 0.6 is 38.5 Å². The van der Waals surface area contributed by atoms with Crippen LogP contribution in [-0.4, -0.2) is 14.2 Å². The zero-order valence-corrected chi connectivity index (χ0v) is 15.4. The molecule has 0 bridgehead atoms. The van der Waals surface area contributed by atoms with Crippen molar-refractivity contribution in [2.75, 3.05) is 14.2 Å². The maximum absolute atomic E-state index is 5.78. The number of nitrogens with one attached hydrogen (secondary N) is 1. The molecular weight excluding hydrogens is 447 g/mol. The van der Waals surface area contributed by atoms with E-state index in [1.165, 1.54) is 0 Å². The smallest absolute Gasteiger partial charge is 0.122 e. The Morgan fingerprint density at radius 2 is 1.71 bits per heavy atom. The zero-order chi connectivity index (χ0) is 15.4. The van der Waals surface area contributed by atoms with Gasteiger partial charge in [-0.05, 0) is 64.0 Å². The Balaban J connectivity index is 2.52. The molecule has 21 heavy (non-hydrogen) atoms. The van der Waals surface area contributed by atoms with Gasteiger partial charge in [0.25, 0.3) is 0 Å². The fraction of sp³-hybridized carbons (Fsp3) is 0.200. The molecular formula is C15H16BrIN2O2. The predicted octanol–water partition coefficient (Wildman–Crippen LogP) is 3.62. The number of nitrogens with two attached hydrogens (primary N) is 1. The lowest BCUT2D eigenvalue weighted by molar-refractivity contribution is 0.392. The minimum absolute atomic E-state index is 0.168. The molecule has 3 N–H and O–H groups in total. The molecule has 2 aromatic rings. The monoisotopic (exact) mass is 462 g/mol. The summed E-state index contributed by atoms with van der Waals surface area (Å²) in [6.07, 6.45) is 0. The lowest BCUT2D eigenvalue weighted by atomic mass is 9.99. The molecule has 0 saturated carbocycles. The molecule has 0 aliphatic rings. The second-order valence-electron chi connectivity index (χ2n) is 4.41. The van der Waals surface area contributed by atoms with E-state index >= 15 is 0 Å². The molecule has 0 radical (unpaired) electrons. The maximum atomic E-state index is 5.78. The van der Waals surface area contributed by atoms with Crippen molar-refractivity contribution in [2.24, 2.45) is 5.84 Å². The van der Waals surface area contributed by atoms with Gasteiger partial charge in [0.15, 0.2) is 0 Å². The molecule has 2 rings (SSSR count). The minimum atomic E-state index is -0.168. The Bertz CT molecular complexity index is 615. The van der Waals surface area contributed by atoms with E-state index in [-0.39, 0.29) is 6.04 Å². The highest BCUT2D eigenvalue weighted by molar-refractivity contribution is 14.1. The van der Waals surface area contributed by atoms with Crippen molar-refractivity contribution in [3.05, 3.63) is 55.6 Å². The molecule has 0 fully saturated rings. The van der Waals surface area contributed by atoms with Gasteiger partial charge in [0.05, 0.1) is 20.3 Å². The quantitative estimate of drug-likeness (QED) is 0.404. The Labute approximate surface area is 146 Å². The van der Waals surface area contributed by atoms with Crippen molar-refractivity contribution in [2.45, 2.75) is 6.04 Å². The summed E-state index contributed by atoms with van der Waals surface area (Å²) >= 11 is 5.86. The van der Waals surface area contributed by atoms with Gasteiger partial charge in [-0.25, -0.2) is 5.43 Å². The second kappa shape index (κ2) is 7.44. The highest BCUT2D eigenvalue weighted by atomic mass is 127. The number of methoxy groups -OCH3 is 2. The van der Waals surface area contributed by atoms with Crippen LogP contribution in [0.25, 0.3) is 0 Å². The van der Waals surface area contributed by atoms with E-state index in [1.54, 1.807) is 14.2 Å². The molecule has 0 aromatic heterocycles. The number of hydrogen-bond acceptors (Lipinski definition) is 4. The van der Waals surface area contributed by atoms with Gasteiger partial charge in [0, 0.05) is 14.1 Å². The second-order valence-corrected chi connectivity index (χ2v) is 6.51. The van der Waals surface area contributed by atoms with Gasteiger partial charge in [-0.1, -0.05) is 15.9 Å². The van der Waals surface area contributed by atoms with Crippen LogP contribution in [0.4, 0.5) is 0 Å². The zero-order valence-electron chi connectivity index (χ0n) is 11.7. The lowest BCUT2D eigenvalue weighted by Crippen LogP contribution is -2.29. The first-order chi connectivity index (χ1) is 10.1. The topological polar surface area (TPSA) is 56.5 Å². The largest absolute Gasteiger partial charge is 0.497 e. The third kappa shape index (κ3) is 3.88. The van der Waals surface area contributed by atoms with Crippen LogP contribution in [0.2, 0.25) is 0 Å². The summed E-state index contributed by atoms with van der Waals surface area (Å²) in [4.78, 5) is 0. The van der Waals surface area contributed by atoms with Crippen LogP contribution < -0.4 is 20.7 Å². The average Bonchev–Trinajstić information content (AvgIpc) is 2.51. The van der Waals surface area contributed by atoms with Crippen molar-refractivity contribution in [3.63, 3.8) is 0 Å². The third-order valence-corrected chi connectivity index (χ3v) is 4.54. The first kappa shape index (κ1) is 16.5. The number of halogens is 2. The Morgan fingerprint density at radius 1 is 1.10 bits per heavy atom. The molecule has 0 aliphatic carbocycles. The standard InChI is InChI=1S/C15H16BrIN2O2/c1-20-11-5-9(6-12(8-11)21-2)15(19-18)13-7-10(17)3-4-14(13)16/h3-8,15,19H,18H2,1-2H3. The number of ether oxygens (including phenoxy) is 2. The van der Waals surface area contributed by atoms with E-state index in [4.69, 9.17) is 15.3 Å². The normalized spacial score (nSPS) is 12.0. The number of hydrazine groups is 1. The molecule has 0 aliphatic heterocycles. The van der Waals surface area contributed by atoms with E-state index in [0.29, 0.717) is 0 Å². The van der Waals surface area contributed by atoms with Crippen molar-refractivity contribution in [1.82, 2.24) is 5.43 Å². The molecule has 0 spiro atoms. The number of rotatable bonds is 5. The molecule has 0 heterocycles. The first-order valence-electron chi connectivity index (χ1n) is 6.23.